The van der Waals surface area contributed by atoms with E-state index in [4.69, 9.17) is 26.8 Å². The molecule has 2 aromatic carbocycles. The summed E-state index contributed by atoms with van der Waals surface area (Å²) in [6.45, 7) is 5.98. The number of carbonyl (C=O) groups excluding carboxylic acids is 1. The van der Waals surface area contributed by atoms with Crippen molar-refractivity contribution in [3.05, 3.63) is 63.9 Å². The Balaban J connectivity index is 2.03. The van der Waals surface area contributed by atoms with Gasteiger partial charge in [0.15, 0.2) is 12.1 Å². The Morgan fingerprint density at radius 1 is 1.19 bits per heavy atom. The van der Waals surface area contributed by atoms with Gasteiger partial charge < -0.3 is 20.5 Å². The Hall–Kier alpha value is -1.99. The van der Waals surface area contributed by atoms with Crippen LogP contribution in [0.2, 0.25) is 5.02 Å². The molecule has 27 heavy (non-hydrogen) atoms. The van der Waals surface area contributed by atoms with E-state index in [1.807, 2.05) is 13.8 Å². The van der Waals surface area contributed by atoms with Gasteiger partial charge in [-0.25, -0.2) is 4.39 Å². The summed E-state index contributed by atoms with van der Waals surface area (Å²) in [5.41, 5.74) is 8.05. The Bertz CT molecular complexity index is 780. The highest BCUT2D eigenvalue weighted by Gasteiger charge is 2.15. The van der Waals surface area contributed by atoms with Crippen LogP contribution < -0.4 is 11.1 Å². The maximum Gasteiger partial charge on any atom is 0.194 e. The van der Waals surface area contributed by atoms with Crippen molar-refractivity contribution < 1.29 is 18.7 Å². The molecule has 0 aliphatic rings. The summed E-state index contributed by atoms with van der Waals surface area (Å²) in [6.07, 6.45) is -0.317. The lowest BCUT2D eigenvalue weighted by atomic mass is 10.0. The number of anilines is 1. The quantitative estimate of drug-likeness (QED) is 0.364. The van der Waals surface area contributed by atoms with Crippen LogP contribution >= 0.6 is 11.6 Å². The van der Waals surface area contributed by atoms with Gasteiger partial charge in [0.05, 0.1) is 5.02 Å². The first-order valence-electron chi connectivity index (χ1n) is 8.78. The first kappa shape index (κ1) is 21.3. The molecule has 0 aliphatic carbocycles. The number of hydrogen-bond acceptors (Lipinski definition) is 5. The summed E-state index contributed by atoms with van der Waals surface area (Å²) in [5.74, 6) is -0.797. The van der Waals surface area contributed by atoms with Crippen LogP contribution in [0.25, 0.3) is 0 Å². The largest absolute Gasteiger partial charge is 0.398 e. The molecule has 0 amide bonds. The number of rotatable bonds is 10. The second-order valence-electron chi connectivity index (χ2n) is 5.84. The molecule has 0 unspecified atom stereocenters. The lowest BCUT2D eigenvalue weighted by Crippen LogP contribution is -2.31. The average molecular weight is 395 g/mol. The number of hydrogen-bond donors (Lipinski definition) is 2. The third-order valence-corrected chi connectivity index (χ3v) is 4.23. The monoisotopic (exact) mass is 394 g/mol. The van der Waals surface area contributed by atoms with Crippen molar-refractivity contribution in [2.24, 2.45) is 0 Å². The molecule has 2 rings (SSSR count). The van der Waals surface area contributed by atoms with Crippen molar-refractivity contribution in [1.29, 1.82) is 0 Å². The Morgan fingerprint density at radius 2 is 1.89 bits per heavy atom. The molecular weight excluding hydrogens is 371 g/mol. The van der Waals surface area contributed by atoms with E-state index in [2.05, 4.69) is 5.32 Å². The molecule has 0 saturated carbocycles. The zero-order chi connectivity index (χ0) is 19.8. The number of ketones is 1. The van der Waals surface area contributed by atoms with Gasteiger partial charge in [0.25, 0.3) is 0 Å². The van der Waals surface area contributed by atoms with Gasteiger partial charge in [-0.1, -0.05) is 23.7 Å². The molecule has 5 nitrogen and oxygen atoms in total. The average Bonchev–Trinajstić information content (AvgIpc) is 2.63. The van der Waals surface area contributed by atoms with Gasteiger partial charge in [-0.3, -0.25) is 4.79 Å². The van der Waals surface area contributed by atoms with Crippen LogP contribution in [-0.4, -0.2) is 31.8 Å². The molecule has 2 aromatic rings. The maximum atomic E-state index is 13.2. The van der Waals surface area contributed by atoms with Crippen molar-refractivity contribution in [3.63, 3.8) is 0 Å². The van der Waals surface area contributed by atoms with E-state index < -0.39 is 5.82 Å². The third-order valence-electron chi connectivity index (χ3n) is 3.92. The lowest BCUT2D eigenvalue weighted by Gasteiger charge is -2.18. The highest BCUT2D eigenvalue weighted by molar-refractivity contribution is 6.35. The zero-order valence-corrected chi connectivity index (χ0v) is 16.2. The van der Waals surface area contributed by atoms with Crippen LogP contribution in [0.4, 0.5) is 10.1 Å². The minimum atomic E-state index is -0.491. The van der Waals surface area contributed by atoms with Crippen LogP contribution in [-0.2, 0) is 16.0 Å². The van der Waals surface area contributed by atoms with E-state index in [1.165, 1.54) is 12.1 Å². The van der Waals surface area contributed by atoms with Crippen molar-refractivity contribution in [3.8, 4) is 0 Å². The van der Waals surface area contributed by atoms with Crippen LogP contribution in [0.5, 0.6) is 0 Å². The lowest BCUT2D eigenvalue weighted by molar-refractivity contribution is -0.133. The summed E-state index contributed by atoms with van der Waals surface area (Å²) in [4.78, 5) is 12.6. The van der Waals surface area contributed by atoms with Gasteiger partial charge in [-0.2, -0.15) is 0 Å². The first-order chi connectivity index (χ1) is 13.0. The molecule has 146 valence electrons. The van der Waals surface area contributed by atoms with Gasteiger partial charge in [-0.15, -0.1) is 0 Å². The number of halogens is 2. The molecule has 0 heterocycles. The van der Waals surface area contributed by atoms with Crippen LogP contribution in [0, 0.1) is 5.82 Å². The molecule has 0 aromatic heterocycles. The third kappa shape index (κ3) is 6.01. The van der Waals surface area contributed by atoms with Crippen LogP contribution in [0.1, 0.15) is 35.3 Å². The predicted molar refractivity (Wildman–Crippen MR) is 104 cm³/mol. The number of ether oxygens (including phenoxy) is 2. The second kappa shape index (κ2) is 10.4. The number of nitrogen functional groups attached to an aromatic ring is 1. The molecular formula is C20H24ClFN2O3. The second-order valence-corrected chi connectivity index (χ2v) is 6.25. The molecule has 7 heteroatoms. The van der Waals surface area contributed by atoms with E-state index in [0.29, 0.717) is 37.6 Å². The smallest absolute Gasteiger partial charge is 0.194 e. The fourth-order valence-electron chi connectivity index (χ4n) is 2.59. The zero-order valence-electron chi connectivity index (χ0n) is 15.4. The summed E-state index contributed by atoms with van der Waals surface area (Å²) < 4.78 is 24.1. The topological polar surface area (TPSA) is 73.6 Å². The van der Waals surface area contributed by atoms with E-state index >= 15 is 0 Å². The van der Waals surface area contributed by atoms with Gasteiger partial charge in [0, 0.05) is 43.1 Å². The van der Waals surface area contributed by atoms with Crippen LogP contribution in [0.15, 0.2) is 36.4 Å². The van der Waals surface area contributed by atoms with E-state index in [-0.39, 0.29) is 22.7 Å². The minimum absolute atomic E-state index is 0.0715. The van der Waals surface area contributed by atoms with Crippen molar-refractivity contribution in [2.75, 3.05) is 25.5 Å². The molecule has 0 aliphatic heterocycles. The SMILES string of the molecule is CCOC(CNCc1ccc(C(=O)c2ccc(F)cc2Cl)cc1N)OCC. The number of nitrogens with one attached hydrogen (secondary N) is 1. The fraction of sp³-hybridized carbons (Fsp3) is 0.350. The molecule has 0 radical (unpaired) electrons. The van der Waals surface area contributed by atoms with Gasteiger partial charge in [0.2, 0.25) is 0 Å². The molecule has 0 atom stereocenters. The van der Waals surface area contributed by atoms with E-state index in [0.717, 1.165) is 11.6 Å². The molecule has 0 saturated heterocycles. The molecule has 3 N–H and O–H groups in total. The fourth-order valence-corrected chi connectivity index (χ4v) is 2.84. The summed E-state index contributed by atoms with van der Waals surface area (Å²) in [6, 6.07) is 8.74. The minimum Gasteiger partial charge on any atom is -0.398 e. The van der Waals surface area contributed by atoms with Gasteiger partial charge >= 0.3 is 0 Å². The van der Waals surface area contributed by atoms with Gasteiger partial charge in [-0.05, 0) is 43.7 Å². The maximum absolute atomic E-state index is 13.2. The highest BCUT2D eigenvalue weighted by atomic mass is 35.5. The predicted octanol–water partition coefficient (Wildman–Crippen LogP) is 3.78. The molecule has 0 spiro atoms. The van der Waals surface area contributed by atoms with Crippen molar-refractivity contribution in [1.82, 2.24) is 5.32 Å². The molecule has 0 fully saturated rings. The van der Waals surface area contributed by atoms with Crippen LogP contribution in [0.3, 0.4) is 0 Å². The number of benzene rings is 2. The number of carbonyl (C=O) groups is 1. The molecule has 0 bridgehead atoms. The van der Waals surface area contributed by atoms with Crippen molar-refractivity contribution in [2.45, 2.75) is 26.7 Å². The summed E-state index contributed by atoms with van der Waals surface area (Å²) >= 11 is 5.97. The van der Waals surface area contributed by atoms with E-state index in [1.54, 1.807) is 18.2 Å². The summed E-state index contributed by atoms with van der Waals surface area (Å²) in [7, 11) is 0. The normalized spacial score (nSPS) is 11.1. The Morgan fingerprint density at radius 3 is 2.48 bits per heavy atom. The van der Waals surface area contributed by atoms with Crippen molar-refractivity contribution >= 4 is 23.1 Å². The standard InChI is InChI=1S/C20H24ClFN2O3/c1-3-26-19(27-4-2)12-24-11-14-6-5-13(9-18(14)23)20(25)16-8-7-15(22)10-17(16)21/h5-10,19,24H,3-4,11-12,23H2,1-2H3. The first-order valence-corrected chi connectivity index (χ1v) is 9.16. The van der Waals surface area contributed by atoms with Gasteiger partial charge in [0.1, 0.15) is 5.82 Å². The summed E-state index contributed by atoms with van der Waals surface area (Å²) in [5, 5.41) is 3.30. The van der Waals surface area contributed by atoms with E-state index in [9.17, 15) is 9.18 Å². The highest BCUT2D eigenvalue weighted by Crippen LogP contribution is 2.23. The number of nitrogens with two attached hydrogens (primary N) is 1. The Labute approximate surface area is 163 Å². The Kier molecular flexibility index (Phi) is 8.19.